The fraction of sp³-hybridized carbons (Fsp3) is 0.429. The van der Waals surface area contributed by atoms with Gasteiger partial charge in [-0.15, -0.1) is 0 Å². The molecule has 15 heavy (non-hydrogen) atoms. The third-order valence-electron chi connectivity index (χ3n) is 2.67. The quantitative estimate of drug-likeness (QED) is 0.722. The Kier molecular flexibility index (Phi) is 3.57. The van der Waals surface area contributed by atoms with Gasteiger partial charge in [-0.1, -0.05) is 42.0 Å². The summed E-state index contributed by atoms with van der Waals surface area (Å²) in [5, 5.41) is 3.50. The van der Waals surface area contributed by atoms with Gasteiger partial charge in [0.2, 0.25) is 0 Å². The zero-order valence-corrected chi connectivity index (χ0v) is 9.37. The Morgan fingerprint density at radius 3 is 3.00 bits per heavy atom. The summed E-state index contributed by atoms with van der Waals surface area (Å²) in [6.07, 6.45) is 8.35. The van der Waals surface area contributed by atoms with Crippen molar-refractivity contribution in [1.29, 1.82) is 0 Å². The lowest BCUT2D eigenvalue weighted by Crippen LogP contribution is -2.16. The minimum atomic E-state index is 0.831. The second kappa shape index (κ2) is 5.13. The molecule has 0 saturated heterocycles. The van der Waals surface area contributed by atoms with Gasteiger partial charge in [-0.05, 0) is 38.3 Å². The molecule has 0 unspecified atom stereocenters. The molecule has 1 aromatic rings. The van der Waals surface area contributed by atoms with Gasteiger partial charge in [-0.3, -0.25) is 0 Å². The van der Waals surface area contributed by atoms with Crippen LogP contribution >= 0.6 is 0 Å². The third kappa shape index (κ3) is 3.88. The van der Waals surface area contributed by atoms with E-state index in [1.54, 1.807) is 0 Å². The molecule has 0 aliphatic heterocycles. The van der Waals surface area contributed by atoms with Crippen molar-refractivity contribution in [3.05, 3.63) is 41.5 Å². The predicted molar refractivity (Wildman–Crippen MR) is 65.9 cm³/mol. The lowest BCUT2D eigenvalue weighted by atomic mass is 10.1. The Hall–Kier alpha value is -1.08. The highest BCUT2D eigenvalue weighted by Gasteiger charge is 2.19. The molecule has 1 aromatic carbocycles. The summed E-state index contributed by atoms with van der Waals surface area (Å²) in [7, 11) is 0. The second-order valence-electron chi connectivity index (χ2n) is 4.33. The van der Waals surface area contributed by atoms with Crippen LogP contribution < -0.4 is 5.32 Å². The SMILES string of the molecule is Cc1cccc(C=CCCNC2CC2)c1. The molecule has 1 saturated carbocycles. The number of aryl methyl sites for hydroxylation is 1. The number of benzene rings is 1. The number of hydrogen-bond acceptors (Lipinski definition) is 1. The molecular formula is C14H19N. The van der Waals surface area contributed by atoms with E-state index in [4.69, 9.17) is 0 Å². The number of nitrogens with one attached hydrogen (secondary N) is 1. The van der Waals surface area contributed by atoms with Crippen LogP contribution in [-0.2, 0) is 0 Å². The lowest BCUT2D eigenvalue weighted by molar-refractivity contribution is 0.691. The fourth-order valence-electron chi connectivity index (χ4n) is 1.65. The van der Waals surface area contributed by atoms with Crippen LogP contribution in [0.5, 0.6) is 0 Å². The van der Waals surface area contributed by atoms with Crippen molar-refractivity contribution in [1.82, 2.24) is 5.32 Å². The fourth-order valence-corrected chi connectivity index (χ4v) is 1.65. The van der Waals surface area contributed by atoms with E-state index in [0.717, 1.165) is 19.0 Å². The van der Waals surface area contributed by atoms with Crippen molar-refractivity contribution in [3.63, 3.8) is 0 Å². The van der Waals surface area contributed by atoms with Gasteiger partial charge in [-0.25, -0.2) is 0 Å². The van der Waals surface area contributed by atoms with Gasteiger partial charge >= 0.3 is 0 Å². The van der Waals surface area contributed by atoms with Crippen LogP contribution in [0, 0.1) is 6.92 Å². The smallest absolute Gasteiger partial charge is 0.00683 e. The molecular weight excluding hydrogens is 182 g/mol. The van der Waals surface area contributed by atoms with Crippen molar-refractivity contribution in [2.45, 2.75) is 32.2 Å². The predicted octanol–water partition coefficient (Wildman–Crippen LogP) is 3.15. The van der Waals surface area contributed by atoms with E-state index in [-0.39, 0.29) is 0 Å². The molecule has 0 aromatic heterocycles. The lowest BCUT2D eigenvalue weighted by Gasteiger charge is -1.98. The largest absolute Gasteiger partial charge is 0.314 e. The topological polar surface area (TPSA) is 12.0 Å². The average molecular weight is 201 g/mol. The minimum absolute atomic E-state index is 0.831. The summed E-state index contributed by atoms with van der Waals surface area (Å²) in [4.78, 5) is 0. The Bertz CT molecular complexity index is 337. The monoisotopic (exact) mass is 201 g/mol. The first-order valence-corrected chi connectivity index (χ1v) is 5.81. The second-order valence-corrected chi connectivity index (χ2v) is 4.33. The Labute approximate surface area is 92.2 Å². The molecule has 0 bridgehead atoms. The third-order valence-corrected chi connectivity index (χ3v) is 2.67. The van der Waals surface area contributed by atoms with Crippen LogP contribution in [0.15, 0.2) is 30.3 Å². The summed E-state index contributed by atoms with van der Waals surface area (Å²) in [6.45, 7) is 3.25. The molecule has 1 heteroatoms. The normalized spacial score (nSPS) is 16.1. The number of rotatable bonds is 5. The maximum atomic E-state index is 3.50. The zero-order valence-electron chi connectivity index (χ0n) is 9.37. The summed E-state index contributed by atoms with van der Waals surface area (Å²) in [6, 6.07) is 9.43. The van der Waals surface area contributed by atoms with Crippen LogP contribution in [0.2, 0.25) is 0 Å². The highest BCUT2D eigenvalue weighted by atomic mass is 14.9. The Balaban J connectivity index is 1.72. The molecule has 1 N–H and O–H groups in total. The summed E-state index contributed by atoms with van der Waals surface area (Å²) in [5.41, 5.74) is 2.63. The summed E-state index contributed by atoms with van der Waals surface area (Å²) in [5.74, 6) is 0. The van der Waals surface area contributed by atoms with Gasteiger partial charge in [0.05, 0.1) is 0 Å². The minimum Gasteiger partial charge on any atom is -0.314 e. The van der Waals surface area contributed by atoms with E-state index in [2.05, 4.69) is 48.7 Å². The summed E-state index contributed by atoms with van der Waals surface area (Å²) >= 11 is 0. The molecule has 0 heterocycles. The molecule has 1 aliphatic carbocycles. The standard InChI is InChI=1S/C14H19N/c1-12-5-4-7-13(11-12)6-2-3-10-15-14-8-9-14/h2,4-7,11,14-15H,3,8-10H2,1H3. The van der Waals surface area contributed by atoms with E-state index in [1.807, 2.05) is 0 Å². The maximum absolute atomic E-state index is 3.50. The first-order chi connectivity index (χ1) is 7.34. The van der Waals surface area contributed by atoms with E-state index < -0.39 is 0 Å². The molecule has 0 radical (unpaired) electrons. The van der Waals surface area contributed by atoms with Gasteiger partial charge in [0.25, 0.3) is 0 Å². The molecule has 0 atom stereocenters. The van der Waals surface area contributed by atoms with Crippen LogP contribution in [0.4, 0.5) is 0 Å². The van der Waals surface area contributed by atoms with Crippen LogP contribution in [-0.4, -0.2) is 12.6 Å². The van der Waals surface area contributed by atoms with Crippen molar-refractivity contribution >= 4 is 6.08 Å². The highest BCUT2D eigenvalue weighted by Crippen LogP contribution is 2.18. The Morgan fingerprint density at radius 1 is 1.40 bits per heavy atom. The molecule has 1 fully saturated rings. The van der Waals surface area contributed by atoms with Crippen molar-refractivity contribution < 1.29 is 0 Å². The first kappa shape index (κ1) is 10.4. The van der Waals surface area contributed by atoms with Gasteiger partial charge in [-0.2, -0.15) is 0 Å². The molecule has 2 rings (SSSR count). The molecule has 1 aliphatic rings. The first-order valence-electron chi connectivity index (χ1n) is 5.81. The van der Waals surface area contributed by atoms with Crippen LogP contribution in [0.3, 0.4) is 0 Å². The number of hydrogen-bond donors (Lipinski definition) is 1. The van der Waals surface area contributed by atoms with Gasteiger partial charge < -0.3 is 5.32 Å². The molecule has 0 spiro atoms. The van der Waals surface area contributed by atoms with E-state index in [1.165, 1.54) is 24.0 Å². The molecule has 80 valence electrons. The van der Waals surface area contributed by atoms with Crippen LogP contribution in [0.25, 0.3) is 6.08 Å². The summed E-state index contributed by atoms with van der Waals surface area (Å²) < 4.78 is 0. The molecule has 0 amide bonds. The van der Waals surface area contributed by atoms with E-state index >= 15 is 0 Å². The Morgan fingerprint density at radius 2 is 2.27 bits per heavy atom. The van der Waals surface area contributed by atoms with Crippen LogP contribution in [0.1, 0.15) is 30.4 Å². The van der Waals surface area contributed by atoms with E-state index in [9.17, 15) is 0 Å². The van der Waals surface area contributed by atoms with Gasteiger partial charge in [0.15, 0.2) is 0 Å². The zero-order chi connectivity index (χ0) is 10.5. The maximum Gasteiger partial charge on any atom is 0.00683 e. The molecule has 1 nitrogen and oxygen atoms in total. The van der Waals surface area contributed by atoms with Crippen molar-refractivity contribution in [3.8, 4) is 0 Å². The van der Waals surface area contributed by atoms with E-state index in [0.29, 0.717) is 0 Å². The van der Waals surface area contributed by atoms with Gasteiger partial charge in [0.1, 0.15) is 0 Å². The van der Waals surface area contributed by atoms with Gasteiger partial charge in [0, 0.05) is 6.04 Å². The average Bonchev–Trinajstić information content (AvgIpc) is 3.01. The van der Waals surface area contributed by atoms with Crippen molar-refractivity contribution in [2.24, 2.45) is 0 Å². The highest BCUT2D eigenvalue weighted by molar-refractivity contribution is 5.50. The van der Waals surface area contributed by atoms with Crippen molar-refractivity contribution in [2.75, 3.05) is 6.54 Å².